The van der Waals surface area contributed by atoms with Gasteiger partial charge in [-0.1, -0.05) is 146 Å². The van der Waals surface area contributed by atoms with Crippen molar-refractivity contribution < 1.29 is 4.42 Å². The molecular formula is C48H42N2O. The van der Waals surface area contributed by atoms with E-state index in [4.69, 9.17) is 15.6 Å². The minimum Gasteiger partial charge on any atom is -0.456 e. The van der Waals surface area contributed by atoms with Gasteiger partial charge < -0.3 is 15.6 Å². The molecule has 1 aliphatic carbocycles. The second-order valence-corrected chi connectivity index (χ2v) is 12.9. The topological polar surface area (TPSA) is 63.0 Å². The highest BCUT2D eigenvalue weighted by Crippen LogP contribution is 2.40. The first kappa shape index (κ1) is 33.5. The minimum atomic E-state index is 0.750. The van der Waals surface area contributed by atoms with E-state index in [1.165, 1.54) is 71.9 Å². The number of nitrogens with one attached hydrogen (secondary N) is 1. The monoisotopic (exact) mass is 662 g/mol. The van der Waals surface area contributed by atoms with E-state index < -0.39 is 0 Å². The lowest BCUT2D eigenvalue weighted by Gasteiger charge is -2.10. The molecule has 8 aromatic carbocycles. The molecule has 0 aliphatic heterocycles. The molecule has 0 saturated carbocycles. The van der Waals surface area contributed by atoms with Crippen molar-refractivity contribution in [2.45, 2.75) is 27.2 Å². The Bertz CT molecular complexity index is 2650. The molecule has 0 fully saturated rings. The minimum absolute atomic E-state index is 0.750. The lowest BCUT2D eigenvalue weighted by molar-refractivity contribution is 0.669. The summed E-state index contributed by atoms with van der Waals surface area (Å²) in [7, 11) is 0. The van der Waals surface area contributed by atoms with Crippen LogP contribution in [0.15, 0.2) is 156 Å². The summed E-state index contributed by atoms with van der Waals surface area (Å²) in [6.07, 6.45) is 2.51. The lowest BCUT2D eigenvalue weighted by Crippen LogP contribution is -1.87. The van der Waals surface area contributed by atoms with E-state index in [-0.39, 0.29) is 0 Å². The summed E-state index contributed by atoms with van der Waals surface area (Å²) in [4.78, 5) is 0. The van der Waals surface area contributed by atoms with Gasteiger partial charge >= 0.3 is 0 Å². The molecule has 3 nitrogen and oxygen atoms in total. The number of hydrogen-bond donors (Lipinski definition) is 2. The number of hydrogen-bond acceptors (Lipinski definition) is 3. The van der Waals surface area contributed by atoms with Gasteiger partial charge in [0, 0.05) is 22.6 Å². The van der Waals surface area contributed by atoms with Crippen LogP contribution in [0.3, 0.4) is 0 Å². The SMILES string of the molecule is CCN.Cc1cccc2c1Cc1ccccc1-2.Cc1ccccc1.N=Cc1cccc2oc3cc4c5ccccc5c5ccccc5c4cc3c12. The zero-order valence-electron chi connectivity index (χ0n) is 29.4. The van der Waals surface area contributed by atoms with Crippen LogP contribution in [0.5, 0.6) is 0 Å². The van der Waals surface area contributed by atoms with E-state index in [9.17, 15) is 0 Å². The second-order valence-electron chi connectivity index (χ2n) is 12.9. The molecule has 51 heavy (non-hydrogen) atoms. The zero-order chi connectivity index (χ0) is 35.3. The van der Waals surface area contributed by atoms with E-state index in [1.54, 1.807) is 0 Å². The Hall–Kier alpha value is -6.03. The van der Waals surface area contributed by atoms with Gasteiger partial charge in [-0.2, -0.15) is 0 Å². The predicted molar refractivity (Wildman–Crippen MR) is 219 cm³/mol. The molecule has 0 unspecified atom stereocenters. The molecule has 0 bridgehead atoms. The van der Waals surface area contributed by atoms with Crippen LogP contribution < -0.4 is 5.73 Å². The average molecular weight is 663 g/mol. The van der Waals surface area contributed by atoms with Gasteiger partial charge in [-0.25, -0.2) is 0 Å². The van der Waals surface area contributed by atoms with Gasteiger partial charge in [-0.15, -0.1) is 0 Å². The predicted octanol–water partition coefficient (Wildman–Crippen LogP) is 12.6. The lowest BCUT2D eigenvalue weighted by atomic mass is 9.93. The van der Waals surface area contributed by atoms with E-state index in [0.29, 0.717) is 0 Å². The summed E-state index contributed by atoms with van der Waals surface area (Å²) in [5, 5.41) is 17.3. The van der Waals surface area contributed by atoms with E-state index in [0.717, 1.165) is 40.5 Å². The summed E-state index contributed by atoms with van der Waals surface area (Å²) in [6, 6.07) is 52.9. The van der Waals surface area contributed by atoms with Crippen molar-refractivity contribution in [3.63, 3.8) is 0 Å². The number of benzene rings is 8. The summed E-state index contributed by atoms with van der Waals surface area (Å²) in [6.45, 7) is 6.94. The van der Waals surface area contributed by atoms with Gasteiger partial charge in [0.15, 0.2) is 0 Å². The Balaban J connectivity index is 0.000000140. The number of rotatable bonds is 1. The number of fused-ring (bicyclic) bond motifs is 12. The molecule has 10 rings (SSSR count). The molecule has 3 N–H and O–H groups in total. The maximum Gasteiger partial charge on any atom is 0.136 e. The molecule has 0 radical (unpaired) electrons. The van der Waals surface area contributed by atoms with Crippen LogP contribution in [0, 0.1) is 19.3 Å². The Labute approximate surface area is 299 Å². The Kier molecular flexibility index (Phi) is 9.74. The van der Waals surface area contributed by atoms with E-state index >= 15 is 0 Å². The molecule has 1 aliphatic rings. The quantitative estimate of drug-likeness (QED) is 0.136. The van der Waals surface area contributed by atoms with Crippen molar-refractivity contribution in [1.29, 1.82) is 5.41 Å². The molecule has 9 aromatic rings. The third-order valence-electron chi connectivity index (χ3n) is 9.57. The Morgan fingerprint density at radius 1 is 0.569 bits per heavy atom. The summed E-state index contributed by atoms with van der Waals surface area (Å²) >= 11 is 0. The number of furan rings is 1. The fourth-order valence-corrected chi connectivity index (χ4v) is 7.22. The van der Waals surface area contributed by atoms with Gasteiger partial charge in [0.1, 0.15) is 11.2 Å². The van der Waals surface area contributed by atoms with Crippen molar-refractivity contribution in [2.75, 3.05) is 6.54 Å². The molecule has 0 amide bonds. The highest BCUT2D eigenvalue weighted by molar-refractivity contribution is 6.28. The molecule has 250 valence electrons. The standard InChI is InChI=1S/C25H15NO.C14H12.C7H8.C2H7N/c26-14-15-6-5-11-23-25(15)22-12-20-18-9-3-1-7-16(18)17-8-2-4-10-19(17)21(20)13-24(22)27-23;1-10-5-4-8-13-12-7-3-2-6-11(12)9-14(10)13;1-7-5-3-2-4-6-7;1-2-3/h1-14,26H;2-8H,9H2,1H3;2-6H,1H3;2-3H2,1H3. The molecule has 0 spiro atoms. The van der Waals surface area contributed by atoms with Crippen molar-refractivity contribution in [2.24, 2.45) is 5.73 Å². The van der Waals surface area contributed by atoms with Crippen LogP contribution in [0.4, 0.5) is 0 Å². The van der Waals surface area contributed by atoms with Crippen LogP contribution in [-0.4, -0.2) is 12.8 Å². The summed E-state index contributed by atoms with van der Waals surface area (Å²) in [5.41, 5.74) is 16.0. The third kappa shape index (κ3) is 6.52. The van der Waals surface area contributed by atoms with Crippen LogP contribution in [-0.2, 0) is 6.42 Å². The normalized spacial score (nSPS) is 11.2. The van der Waals surface area contributed by atoms with Crippen molar-refractivity contribution >= 4 is 60.5 Å². The fourth-order valence-electron chi connectivity index (χ4n) is 7.22. The Morgan fingerprint density at radius 3 is 1.75 bits per heavy atom. The van der Waals surface area contributed by atoms with Gasteiger partial charge in [-0.05, 0) is 105 Å². The maximum atomic E-state index is 7.78. The van der Waals surface area contributed by atoms with Gasteiger partial charge in [0.05, 0.1) is 0 Å². The smallest absolute Gasteiger partial charge is 0.136 e. The molecule has 3 heteroatoms. The first-order chi connectivity index (χ1) is 25.0. The Morgan fingerprint density at radius 2 is 1.12 bits per heavy atom. The summed E-state index contributed by atoms with van der Waals surface area (Å²) < 4.78 is 6.16. The van der Waals surface area contributed by atoms with E-state index in [2.05, 4.69) is 129 Å². The number of aryl methyl sites for hydroxylation is 2. The van der Waals surface area contributed by atoms with Crippen LogP contribution >= 0.6 is 0 Å². The van der Waals surface area contributed by atoms with Crippen LogP contribution in [0.2, 0.25) is 0 Å². The van der Waals surface area contributed by atoms with Crippen molar-refractivity contribution in [3.05, 3.63) is 179 Å². The van der Waals surface area contributed by atoms with Gasteiger partial charge in [0.25, 0.3) is 0 Å². The fraction of sp³-hybridized carbons (Fsp3) is 0.104. The average Bonchev–Trinajstić information content (AvgIpc) is 3.74. The maximum absolute atomic E-state index is 7.78. The van der Waals surface area contributed by atoms with Crippen LogP contribution in [0.1, 0.15) is 34.7 Å². The first-order valence-corrected chi connectivity index (χ1v) is 17.6. The highest BCUT2D eigenvalue weighted by Gasteiger charge is 2.18. The van der Waals surface area contributed by atoms with Gasteiger partial charge in [-0.3, -0.25) is 0 Å². The highest BCUT2D eigenvalue weighted by atomic mass is 16.3. The number of nitrogens with two attached hydrogens (primary N) is 1. The zero-order valence-corrected chi connectivity index (χ0v) is 29.4. The van der Waals surface area contributed by atoms with Crippen molar-refractivity contribution in [1.82, 2.24) is 0 Å². The van der Waals surface area contributed by atoms with Gasteiger partial charge in [0.2, 0.25) is 0 Å². The molecule has 1 aromatic heterocycles. The van der Waals surface area contributed by atoms with E-state index in [1.807, 2.05) is 43.3 Å². The third-order valence-corrected chi connectivity index (χ3v) is 9.57. The van der Waals surface area contributed by atoms with Crippen molar-refractivity contribution in [3.8, 4) is 11.1 Å². The van der Waals surface area contributed by atoms with Crippen LogP contribution in [0.25, 0.3) is 65.4 Å². The first-order valence-electron chi connectivity index (χ1n) is 17.6. The molecule has 0 saturated heterocycles. The largest absolute Gasteiger partial charge is 0.456 e. The summed E-state index contributed by atoms with van der Waals surface area (Å²) in [5.74, 6) is 0. The molecular weight excluding hydrogens is 621 g/mol. The molecule has 0 atom stereocenters. The molecule has 1 heterocycles. The second kappa shape index (κ2) is 14.8.